The van der Waals surface area contributed by atoms with E-state index in [1.165, 1.54) is 0 Å². The van der Waals surface area contributed by atoms with Crippen molar-refractivity contribution in [3.63, 3.8) is 0 Å². The number of nitro benzene ring substituents is 1. The van der Waals surface area contributed by atoms with Gasteiger partial charge in [-0.1, -0.05) is 6.07 Å². The van der Waals surface area contributed by atoms with E-state index in [4.69, 9.17) is 9.47 Å². The molecule has 8 nitrogen and oxygen atoms in total. The highest BCUT2D eigenvalue weighted by Crippen LogP contribution is 2.23. The number of rotatable bonds is 8. The van der Waals surface area contributed by atoms with Crippen LogP contribution in [0.15, 0.2) is 48.5 Å². The number of nitrogens with one attached hydrogen (secondary N) is 1. The molecule has 0 aromatic heterocycles. The average Bonchev–Trinajstić information content (AvgIpc) is 2.71. The van der Waals surface area contributed by atoms with Crippen LogP contribution in [0.25, 0.3) is 0 Å². The van der Waals surface area contributed by atoms with E-state index in [0.29, 0.717) is 13.2 Å². The van der Waals surface area contributed by atoms with Gasteiger partial charge in [0.05, 0.1) is 18.2 Å². The molecule has 1 fully saturated rings. The maximum absolute atomic E-state index is 10.9. The molecule has 3 rings (SSSR count). The van der Waals surface area contributed by atoms with Crippen molar-refractivity contribution in [3.8, 4) is 11.5 Å². The maximum Gasteiger partial charge on any atom is 0.269 e. The molecule has 0 amide bonds. The Kier molecular flexibility index (Phi) is 6.67. The third-order valence-corrected chi connectivity index (χ3v) is 4.77. The molecule has 2 aromatic rings. The largest absolute Gasteiger partial charge is 0.497 e. The summed E-state index contributed by atoms with van der Waals surface area (Å²) in [5.74, 6) is 1.54. The summed E-state index contributed by atoms with van der Waals surface area (Å²) in [6.45, 7) is 3.86. The first-order chi connectivity index (χ1) is 13.6. The Hall–Kier alpha value is -2.84. The van der Waals surface area contributed by atoms with Gasteiger partial charge in [0.2, 0.25) is 0 Å². The van der Waals surface area contributed by atoms with Gasteiger partial charge in [-0.15, -0.1) is 0 Å². The number of anilines is 1. The second-order valence-corrected chi connectivity index (χ2v) is 6.73. The fourth-order valence-corrected chi connectivity index (χ4v) is 3.25. The summed E-state index contributed by atoms with van der Waals surface area (Å²) in [5.41, 5.74) is 1.08. The molecule has 0 saturated carbocycles. The Labute approximate surface area is 164 Å². The van der Waals surface area contributed by atoms with E-state index >= 15 is 0 Å². The number of piperazine rings is 1. The smallest absolute Gasteiger partial charge is 0.269 e. The molecule has 1 N–H and O–H groups in total. The predicted molar refractivity (Wildman–Crippen MR) is 108 cm³/mol. The van der Waals surface area contributed by atoms with Crippen LogP contribution in [0.5, 0.6) is 11.5 Å². The van der Waals surface area contributed by atoms with Crippen molar-refractivity contribution in [3.05, 3.63) is 58.6 Å². The van der Waals surface area contributed by atoms with Crippen LogP contribution in [0.4, 0.5) is 11.4 Å². The third-order valence-electron chi connectivity index (χ3n) is 4.77. The normalized spacial score (nSPS) is 17.4. The molecular weight excluding hydrogens is 360 g/mol. The van der Waals surface area contributed by atoms with E-state index < -0.39 is 0 Å². The zero-order valence-corrected chi connectivity index (χ0v) is 16.2. The van der Waals surface area contributed by atoms with Gasteiger partial charge in [-0.25, -0.2) is 0 Å². The number of hydrogen-bond donors (Lipinski definition) is 1. The maximum atomic E-state index is 10.9. The van der Waals surface area contributed by atoms with E-state index in [2.05, 4.69) is 22.2 Å². The standard InChI is InChI=1S/C20H26N4O4/c1-22-11-12-23(16-6-8-17(9-7-16)24(25)26)20(15-22)21-10-13-28-19-5-3-4-18(14-19)27-2/h3-9,14,20-21H,10-13,15H2,1-2H3. The first-order valence-electron chi connectivity index (χ1n) is 9.26. The van der Waals surface area contributed by atoms with Crippen LogP contribution in [-0.2, 0) is 0 Å². The molecule has 0 aliphatic carbocycles. The van der Waals surface area contributed by atoms with Crippen LogP contribution in [0.1, 0.15) is 0 Å². The summed E-state index contributed by atoms with van der Waals surface area (Å²) in [6, 6.07) is 14.3. The summed E-state index contributed by atoms with van der Waals surface area (Å²) in [7, 11) is 3.72. The zero-order valence-electron chi connectivity index (χ0n) is 16.2. The Morgan fingerprint density at radius 1 is 1.18 bits per heavy atom. The SMILES string of the molecule is COc1cccc(OCCNC2CN(C)CCN2c2ccc([N+](=O)[O-])cc2)c1. The topological polar surface area (TPSA) is 80.1 Å². The van der Waals surface area contributed by atoms with Crippen LogP contribution in [0, 0.1) is 10.1 Å². The zero-order chi connectivity index (χ0) is 19.9. The number of likely N-dealkylation sites (N-methyl/N-ethyl adjacent to an activating group) is 1. The Balaban J connectivity index is 1.57. The molecule has 1 heterocycles. The highest BCUT2D eigenvalue weighted by molar-refractivity contribution is 5.52. The second kappa shape index (κ2) is 9.38. The van der Waals surface area contributed by atoms with Gasteiger partial charge >= 0.3 is 0 Å². The minimum absolute atomic E-state index is 0.106. The van der Waals surface area contributed by atoms with Crippen LogP contribution in [-0.4, -0.2) is 62.9 Å². The van der Waals surface area contributed by atoms with Crippen molar-refractivity contribution >= 4 is 11.4 Å². The highest BCUT2D eigenvalue weighted by atomic mass is 16.6. The van der Waals surface area contributed by atoms with Crippen molar-refractivity contribution in [1.82, 2.24) is 10.2 Å². The van der Waals surface area contributed by atoms with Crippen molar-refractivity contribution in [2.45, 2.75) is 6.17 Å². The predicted octanol–water partition coefficient (Wildman–Crippen LogP) is 2.35. The van der Waals surface area contributed by atoms with E-state index in [9.17, 15) is 10.1 Å². The van der Waals surface area contributed by atoms with Crippen LogP contribution < -0.4 is 19.7 Å². The van der Waals surface area contributed by atoms with E-state index in [1.807, 2.05) is 36.4 Å². The van der Waals surface area contributed by atoms with Gasteiger partial charge in [0.15, 0.2) is 0 Å². The van der Waals surface area contributed by atoms with Crippen molar-refractivity contribution < 1.29 is 14.4 Å². The number of nitro groups is 1. The second-order valence-electron chi connectivity index (χ2n) is 6.73. The fraction of sp³-hybridized carbons (Fsp3) is 0.400. The van der Waals surface area contributed by atoms with Crippen molar-refractivity contribution in [1.29, 1.82) is 0 Å². The van der Waals surface area contributed by atoms with Crippen molar-refractivity contribution in [2.75, 3.05) is 51.8 Å². The molecular formula is C20H26N4O4. The lowest BCUT2D eigenvalue weighted by Crippen LogP contribution is -2.59. The van der Waals surface area contributed by atoms with Crippen LogP contribution >= 0.6 is 0 Å². The lowest BCUT2D eigenvalue weighted by atomic mass is 10.2. The van der Waals surface area contributed by atoms with Crippen LogP contribution in [0.3, 0.4) is 0 Å². The van der Waals surface area contributed by atoms with Gasteiger partial charge in [0, 0.05) is 50.1 Å². The fourth-order valence-electron chi connectivity index (χ4n) is 3.25. The molecule has 1 unspecified atom stereocenters. The molecule has 2 aromatic carbocycles. The quantitative estimate of drug-likeness (QED) is 0.424. The van der Waals surface area contributed by atoms with E-state index in [0.717, 1.165) is 36.8 Å². The summed E-state index contributed by atoms with van der Waals surface area (Å²) < 4.78 is 11.0. The molecule has 1 aliphatic rings. The first kappa shape index (κ1) is 19.9. The molecule has 1 atom stereocenters. The number of hydrogen-bond acceptors (Lipinski definition) is 7. The summed E-state index contributed by atoms with van der Waals surface area (Å²) >= 11 is 0. The van der Waals surface area contributed by atoms with Crippen LogP contribution in [0.2, 0.25) is 0 Å². The number of benzene rings is 2. The monoisotopic (exact) mass is 386 g/mol. The molecule has 0 radical (unpaired) electrons. The molecule has 0 bridgehead atoms. The lowest BCUT2D eigenvalue weighted by Gasteiger charge is -2.42. The van der Waals surface area contributed by atoms with E-state index in [1.54, 1.807) is 19.2 Å². The number of non-ortho nitro benzene ring substituents is 1. The Morgan fingerprint density at radius 3 is 2.64 bits per heavy atom. The minimum atomic E-state index is -0.376. The molecule has 0 spiro atoms. The highest BCUT2D eigenvalue weighted by Gasteiger charge is 2.25. The molecule has 150 valence electrons. The van der Waals surface area contributed by atoms with Gasteiger partial charge in [-0.05, 0) is 31.3 Å². The van der Waals surface area contributed by atoms with Gasteiger partial charge in [-0.3, -0.25) is 15.4 Å². The molecule has 28 heavy (non-hydrogen) atoms. The Morgan fingerprint density at radius 2 is 1.93 bits per heavy atom. The summed E-state index contributed by atoms with van der Waals surface area (Å²) in [6.07, 6.45) is 0.106. The third kappa shape index (κ3) is 5.11. The lowest BCUT2D eigenvalue weighted by molar-refractivity contribution is -0.384. The van der Waals surface area contributed by atoms with E-state index in [-0.39, 0.29) is 16.8 Å². The van der Waals surface area contributed by atoms with Gasteiger partial charge in [-0.2, -0.15) is 0 Å². The van der Waals surface area contributed by atoms with Gasteiger partial charge in [0.25, 0.3) is 5.69 Å². The van der Waals surface area contributed by atoms with Gasteiger partial charge in [0.1, 0.15) is 18.1 Å². The molecule has 1 saturated heterocycles. The average molecular weight is 386 g/mol. The molecule has 1 aliphatic heterocycles. The number of ether oxygens (including phenoxy) is 2. The Bertz CT molecular complexity index is 784. The summed E-state index contributed by atoms with van der Waals surface area (Å²) in [4.78, 5) is 15.0. The number of nitrogens with zero attached hydrogens (tertiary/aromatic N) is 3. The van der Waals surface area contributed by atoms with Gasteiger partial charge < -0.3 is 19.3 Å². The first-order valence-corrected chi connectivity index (χ1v) is 9.26. The van der Waals surface area contributed by atoms with Crippen molar-refractivity contribution in [2.24, 2.45) is 0 Å². The summed E-state index contributed by atoms with van der Waals surface area (Å²) in [5, 5.41) is 14.4. The number of methoxy groups -OCH3 is 1. The molecule has 8 heteroatoms. The minimum Gasteiger partial charge on any atom is -0.497 e.